The minimum atomic E-state index is -0.327. The molecule has 1 aromatic carbocycles. The minimum absolute atomic E-state index is 0. The lowest BCUT2D eigenvalue weighted by Gasteiger charge is -2.28. The molecule has 1 aromatic heterocycles. The molecule has 0 aliphatic carbocycles. The molecule has 0 amide bonds. The molecular weight excluding hydrogens is 482 g/mol. The van der Waals surface area contributed by atoms with Crippen LogP contribution in [0.3, 0.4) is 0 Å². The molecule has 0 bridgehead atoms. The summed E-state index contributed by atoms with van der Waals surface area (Å²) in [4.78, 5) is 25.7. The number of aromatic nitrogens is 2. The topological polar surface area (TPSA) is 88.1 Å². The summed E-state index contributed by atoms with van der Waals surface area (Å²) < 4.78 is 3.15. The summed E-state index contributed by atoms with van der Waals surface area (Å²) in [6.07, 6.45) is 4.94. The number of imidazole rings is 1. The second kappa shape index (κ2) is 10.9. The minimum Gasteiger partial charge on any atom is -0.507 e. The van der Waals surface area contributed by atoms with Gasteiger partial charge in [0.1, 0.15) is 5.75 Å². The first-order valence-electron chi connectivity index (χ1n) is 11.4. The van der Waals surface area contributed by atoms with Crippen molar-refractivity contribution in [3.8, 4) is 5.75 Å². The predicted octanol–water partition coefficient (Wildman–Crippen LogP) is 5.54. The van der Waals surface area contributed by atoms with Gasteiger partial charge < -0.3 is 14.2 Å². The standard InChI is InChI=1S/C26H39N3O3.BrH/c1-9-17(10-2)21(30)15-28-11-12-29(24(28)27)16-22(31)18-13-19(25(3,4)5)23(32)20(14-18)26(6,7)8;/h11-14,17,27,32H,9-10,15-16H2,1-8H3;1H. The van der Waals surface area contributed by atoms with Crippen LogP contribution in [0.4, 0.5) is 0 Å². The van der Waals surface area contributed by atoms with Crippen molar-refractivity contribution >= 4 is 28.5 Å². The zero-order valence-electron chi connectivity index (χ0n) is 21.3. The van der Waals surface area contributed by atoms with Crippen molar-refractivity contribution in [3.05, 3.63) is 46.8 Å². The Morgan fingerprint density at radius 1 is 0.909 bits per heavy atom. The van der Waals surface area contributed by atoms with E-state index in [1.807, 2.05) is 55.4 Å². The van der Waals surface area contributed by atoms with Gasteiger partial charge in [0.05, 0.1) is 13.1 Å². The molecule has 2 rings (SSSR count). The molecule has 0 aliphatic rings. The van der Waals surface area contributed by atoms with Crippen molar-refractivity contribution in [2.75, 3.05) is 0 Å². The Balaban J connectivity index is 0.00000544. The normalized spacial score (nSPS) is 12.0. The molecule has 0 radical (unpaired) electrons. The zero-order valence-corrected chi connectivity index (χ0v) is 23.0. The third-order valence-corrected chi connectivity index (χ3v) is 6.10. The van der Waals surface area contributed by atoms with Crippen LogP contribution in [-0.2, 0) is 28.7 Å². The summed E-state index contributed by atoms with van der Waals surface area (Å²) in [5.74, 6) is 0.210. The summed E-state index contributed by atoms with van der Waals surface area (Å²) in [6, 6.07) is 3.54. The van der Waals surface area contributed by atoms with E-state index in [9.17, 15) is 14.7 Å². The molecule has 7 heteroatoms. The van der Waals surface area contributed by atoms with E-state index in [0.717, 1.165) is 24.0 Å². The lowest BCUT2D eigenvalue weighted by atomic mass is 9.78. The molecule has 2 N–H and O–H groups in total. The molecule has 1 heterocycles. The van der Waals surface area contributed by atoms with Gasteiger partial charge in [0.15, 0.2) is 11.6 Å². The van der Waals surface area contributed by atoms with E-state index in [0.29, 0.717) is 5.56 Å². The van der Waals surface area contributed by atoms with Crippen LogP contribution in [0.1, 0.15) is 89.7 Å². The van der Waals surface area contributed by atoms with E-state index in [-0.39, 0.29) is 69.8 Å². The van der Waals surface area contributed by atoms with Crippen molar-refractivity contribution in [2.45, 2.75) is 92.2 Å². The van der Waals surface area contributed by atoms with Crippen molar-refractivity contribution in [2.24, 2.45) is 5.92 Å². The quantitative estimate of drug-likeness (QED) is 0.447. The van der Waals surface area contributed by atoms with Gasteiger partial charge in [-0.25, -0.2) is 0 Å². The summed E-state index contributed by atoms with van der Waals surface area (Å²) in [5, 5.41) is 19.3. The van der Waals surface area contributed by atoms with Crippen molar-refractivity contribution in [1.29, 1.82) is 5.41 Å². The third kappa shape index (κ3) is 6.69. The van der Waals surface area contributed by atoms with E-state index < -0.39 is 0 Å². The number of carbonyl (C=O) groups excluding carboxylic acids is 2. The molecule has 33 heavy (non-hydrogen) atoms. The SMILES string of the molecule is Br.CCC(CC)C(=O)Cn1ccn(CC(=O)c2cc(C(C)(C)C)c(O)c(C(C)(C)C)c2)c1=N. The van der Waals surface area contributed by atoms with Crippen LogP contribution in [0.15, 0.2) is 24.5 Å². The summed E-state index contributed by atoms with van der Waals surface area (Å²) in [5.41, 5.74) is 1.46. The van der Waals surface area contributed by atoms with Gasteiger partial charge in [-0.15, -0.1) is 17.0 Å². The Kier molecular flexibility index (Phi) is 9.50. The van der Waals surface area contributed by atoms with Crippen LogP contribution in [0.2, 0.25) is 0 Å². The summed E-state index contributed by atoms with van der Waals surface area (Å²) >= 11 is 0. The highest BCUT2D eigenvalue weighted by Gasteiger charge is 2.28. The van der Waals surface area contributed by atoms with Gasteiger partial charge in [0, 0.05) is 35.0 Å². The fourth-order valence-electron chi connectivity index (χ4n) is 3.95. The van der Waals surface area contributed by atoms with Gasteiger partial charge in [0.2, 0.25) is 5.62 Å². The number of hydrogen-bond donors (Lipinski definition) is 2. The van der Waals surface area contributed by atoms with Gasteiger partial charge in [-0.1, -0.05) is 55.4 Å². The highest BCUT2D eigenvalue weighted by atomic mass is 79.9. The molecule has 0 fully saturated rings. The van der Waals surface area contributed by atoms with Crippen LogP contribution in [0.5, 0.6) is 5.75 Å². The molecule has 0 spiro atoms. The third-order valence-electron chi connectivity index (χ3n) is 6.10. The number of aromatic hydroxyl groups is 1. The molecule has 2 aromatic rings. The number of hydrogen-bond acceptors (Lipinski definition) is 4. The molecule has 6 nitrogen and oxygen atoms in total. The van der Waals surface area contributed by atoms with Crippen LogP contribution >= 0.6 is 17.0 Å². The van der Waals surface area contributed by atoms with Gasteiger partial charge in [-0.05, 0) is 35.8 Å². The molecule has 184 valence electrons. The first-order valence-corrected chi connectivity index (χ1v) is 11.4. The van der Waals surface area contributed by atoms with E-state index in [1.54, 1.807) is 33.7 Å². The van der Waals surface area contributed by atoms with Crippen LogP contribution in [0.25, 0.3) is 0 Å². The van der Waals surface area contributed by atoms with E-state index in [2.05, 4.69) is 0 Å². The number of ketones is 2. The number of halogens is 1. The Morgan fingerprint density at radius 2 is 1.33 bits per heavy atom. The number of benzene rings is 1. The van der Waals surface area contributed by atoms with Crippen LogP contribution in [0, 0.1) is 11.3 Å². The second-order valence-corrected chi connectivity index (χ2v) is 10.7. The zero-order chi connectivity index (χ0) is 24.4. The van der Waals surface area contributed by atoms with Gasteiger partial charge >= 0.3 is 0 Å². The number of rotatable bonds is 8. The van der Waals surface area contributed by atoms with Gasteiger partial charge in [-0.2, -0.15) is 0 Å². The monoisotopic (exact) mass is 521 g/mol. The maximum atomic E-state index is 13.2. The first-order chi connectivity index (χ1) is 14.7. The number of Topliss-reactive ketones (excluding diaryl/α,β-unsaturated/α-hetero) is 2. The van der Waals surface area contributed by atoms with Crippen LogP contribution < -0.4 is 5.62 Å². The summed E-state index contributed by atoms with van der Waals surface area (Å²) in [6.45, 7) is 16.2. The average molecular weight is 523 g/mol. The van der Waals surface area contributed by atoms with Crippen LogP contribution in [-0.4, -0.2) is 25.8 Å². The van der Waals surface area contributed by atoms with E-state index in [4.69, 9.17) is 5.41 Å². The smallest absolute Gasteiger partial charge is 0.202 e. The van der Waals surface area contributed by atoms with E-state index in [1.165, 1.54) is 0 Å². The number of phenolic OH excluding ortho intramolecular Hbond substituents is 1. The lowest BCUT2D eigenvalue weighted by molar-refractivity contribution is -0.123. The van der Waals surface area contributed by atoms with Crippen molar-refractivity contribution in [1.82, 2.24) is 9.13 Å². The fraction of sp³-hybridized carbons (Fsp3) is 0.577. The number of carbonyl (C=O) groups is 2. The predicted molar refractivity (Wildman–Crippen MR) is 138 cm³/mol. The van der Waals surface area contributed by atoms with Crippen molar-refractivity contribution < 1.29 is 14.7 Å². The summed E-state index contributed by atoms with van der Waals surface area (Å²) in [7, 11) is 0. The molecular formula is C26H40BrN3O3. The van der Waals surface area contributed by atoms with Gasteiger partial charge in [0.25, 0.3) is 0 Å². The number of nitrogens with zero attached hydrogens (tertiary/aromatic N) is 2. The fourth-order valence-corrected chi connectivity index (χ4v) is 3.95. The first kappa shape index (κ1) is 28.9. The number of nitrogens with one attached hydrogen (secondary N) is 1. The lowest BCUT2D eigenvalue weighted by Crippen LogP contribution is -2.31. The Bertz CT molecular complexity index is 1010. The Hall–Kier alpha value is -2.15. The second-order valence-electron chi connectivity index (χ2n) is 10.7. The molecule has 0 saturated carbocycles. The average Bonchev–Trinajstić information content (AvgIpc) is 3.00. The molecule has 0 unspecified atom stereocenters. The largest absolute Gasteiger partial charge is 0.507 e. The molecule has 0 aliphatic heterocycles. The number of phenols is 1. The van der Waals surface area contributed by atoms with Gasteiger partial charge in [-0.3, -0.25) is 15.0 Å². The maximum Gasteiger partial charge on any atom is 0.202 e. The highest BCUT2D eigenvalue weighted by molar-refractivity contribution is 8.93. The highest BCUT2D eigenvalue weighted by Crippen LogP contribution is 2.39. The maximum absolute atomic E-state index is 13.2. The van der Waals surface area contributed by atoms with E-state index >= 15 is 0 Å². The molecule has 0 saturated heterocycles. The Labute approximate surface area is 208 Å². The van der Waals surface area contributed by atoms with Crippen molar-refractivity contribution in [3.63, 3.8) is 0 Å². The molecule has 0 atom stereocenters. The Morgan fingerprint density at radius 3 is 1.73 bits per heavy atom.